The van der Waals surface area contributed by atoms with Crippen LogP contribution in [-0.4, -0.2) is 17.5 Å². The van der Waals surface area contributed by atoms with Crippen molar-refractivity contribution in [2.45, 2.75) is 12.5 Å². The Balaban J connectivity index is 1.58. The molecule has 27 heavy (non-hydrogen) atoms. The molecule has 2 heterocycles. The van der Waals surface area contributed by atoms with Gasteiger partial charge in [0.05, 0.1) is 23.7 Å². The number of para-hydroxylation sites is 1. The maximum absolute atomic E-state index is 13.2. The van der Waals surface area contributed by atoms with E-state index in [0.717, 1.165) is 39.4 Å². The van der Waals surface area contributed by atoms with Crippen LogP contribution in [0.2, 0.25) is 0 Å². The molecule has 0 aliphatic carbocycles. The summed E-state index contributed by atoms with van der Waals surface area (Å²) in [5.41, 5.74) is 2.36. The summed E-state index contributed by atoms with van der Waals surface area (Å²) in [6.45, 7) is 0.596. The number of benzene rings is 3. The van der Waals surface area contributed by atoms with Gasteiger partial charge < -0.3 is 10.1 Å². The number of amides is 1. The van der Waals surface area contributed by atoms with E-state index in [2.05, 4.69) is 16.4 Å². The van der Waals surface area contributed by atoms with E-state index in [1.807, 2.05) is 60.7 Å². The predicted molar refractivity (Wildman–Crippen MR) is 106 cm³/mol. The van der Waals surface area contributed by atoms with Crippen molar-refractivity contribution < 1.29 is 9.53 Å². The Hall–Kier alpha value is -3.40. The monoisotopic (exact) mass is 354 g/mol. The minimum atomic E-state index is -0.105. The van der Waals surface area contributed by atoms with Crippen LogP contribution in [0, 0.1) is 0 Å². The lowest BCUT2D eigenvalue weighted by atomic mass is 9.98. The Morgan fingerprint density at radius 3 is 2.78 bits per heavy atom. The first-order valence-corrected chi connectivity index (χ1v) is 9.10. The lowest BCUT2D eigenvalue weighted by Gasteiger charge is -2.26. The van der Waals surface area contributed by atoms with Gasteiger partial charge in [0.1, 0.15) is 5.75 Å². The van der Waals surface area contributed by atoms with Gasteiger partial charge in [0.2, 0.25) is 0 Å². The van der Waals surface area contributed by atoms with E-state index in [1.165, 1.54) is 0 Å². The first-order chi connectivity index (χ1) is 13.3. The van der Waals surface area contributed by atoms with Crippen LogP contribution in [0.4, 0.5) is 0 Å². The second-order valence-electron chi connectivity index (χ2n) is 6.75. The number of rotatable bonds is 2. The summed E-state index contributed by atoms with van der Waals surface area (Å²) >= 11 is 0. The average Bonchev–Trinajstić information content (AvgIpc) is 2.73. The van der Waals surface area contributed by atoms with Gasteiger partial charge in [-0.05, 0) is 29.0 Å². The quantitative estimate of drug-likeness (QED) is 0.534. The van der Waals surface area contributed by atoms with Crippen molar-refractivity contribution >= 4 is 27.6 Å². The van der Waals surface area contributed by atoms with Crippen molar-refractivity contribution in [1.82, 2.24) is 10.3 Å². The van der Waals surface area contributed by atoms with Crippen LogP contribution in [0.3, 0.4) is 0 Å². The SMILES string of the molecule is O=C(NC1CCOc2ccccc21)c1cc2ccccc2c2cccnc12. The molecule has 0 fully saturated rings. The van der Waals surface area contributed by atoms with Crippen molar-refractivity contribution in [2.24, 2.45) is 0 Å². The molecular weight excluding hydrogens is 336 g/mol. The molecule has 4 heteroatoms. The Kier molecular flexibility index (Phi) is 3.75. The molecule has 0 saturated carbocycles. The second-order valence-corrected chi connectivity index (χ2v) is 6.75. The third kappa shape index (κ3) is 2.70. The van der Waals surface area contributed by atoms with E-state index in [-0.39, 0.29) is 11.9 Å². The highest BCUT2D eigenvalue weighted by molar-refractivity contribution is 6.15. The second kappa shape index (κ2) is 6.40. The fraction of sp³-hybridized carbons (Fsp3) is 0.130. The van der Waals surface area contributed by atoms with Crippen molar-refractivity contribution in [2.75, 3.05) is 6.61 Å². The molecule has 132 valence electrons. The molecule has 4 nitrogen and oxygen atoms in total. The third-order valence-corrected chi connectivity index (χ3v) is 5.12. The summed E-state index contributed by atoms with van der Waals surface area (Å²) in [6, 6.07) is 21.8. The summed E-state index contributed by atoms with van der Waals surface area (Å²) < 4.78 is 5.71. The van der Waals surface area contributed by atoms with E-state index in [0.29, 0.717) is 12.2 Å². The molecule has 1 unspecified atom stereocenters. The van der Waals surface area contributed by atoms with Gasteiger partial charge in [0.15, 0.2) is 0 Å². The molecule has 1 aromatic heterocycles. The molecule has 4 aromatic rings. The highest BCUT2D eigenvalue weighted by atomic mass is 16.5. The van der Waals surface area contributed by atoms with Gasteiger partial charge in [-0.3, -0.25) is 9.78 Å². The van der Waals surface area contributed by atoms with Gasteiger partial charge in [-0.15, -0.1) is 0 Å². The van der Waals surface area contributed by atoms with Gasteiger partial charge in [0, 0.05) is 23.6 Å². The van der Waals surface area contributed by atoms with E-state index >= 15 is 0 Å². The topological polar surface area (TPSA) is 51.2 Å². The molecule has 1 N–H and O–H groups in total. The van der Waals surface area contributed by atoms with Gasteiger partial charge >= 0.3 is 0 Å². The maximum atomic E-state index is 13.2. The zero-order valence-electron chi connectivity index (χ0n) is 14.7. The van der Waals surface area contributed by atoms with Crippen LogP contribution < -0.4 is 10.1 Å². The van der Waals surface area contributed by atoms with E-state index in [9.17, 15) is 4.79 Å². The minimum Gasteiger partial charge on any atom is -0.493 e. The number of pyridine rings is 1. The molecule has 1 aliphatic rings. The fourth-order valence-corrected chi connectivity index (χ4v) is 3.83. The van der Waals surface area contributed by atoms with Crippen molar-refractivity contribution in [3.63, 3.8) is 0 Å². The summed E-state index contributed by atoms with van der Waals surface area (Å²) in [6.07, 6.45) is 2.49. The molecule has 5 rings (SSSR count). The molecule has 1 amide bonds. The fourth-order valence-electron chi connectivity index (χ4n) is 3.83. The van der Waals surface area contributed by atoms with E-state index < -0.39 is 0 Å². The molecule has 3 aromatic carbocycles. The van der Waals surface area contributed by atoms with Crippen molar-refractivity contribution in [3.05, 3.63) is 84.1 Å². The zero-order valence-corrected chi connectivity index (χ0v) is 14.7. The first-order valence-electron chi connectivity index (χ1n) is 9.10. The number of carbonyl (C=O) groups is 1. The number of aromatic nitrogens is 1. The van der Waals surface area contributed by atoms with Crippen LogP contribution in [-0.2, 0) is 0 Å². The zero-order chi connectivity index (χ0) is 18.2. The maximum Gasteiger partial charge on any atom is 0.254 e. The van der Waals surface area contributed by atoms with Crippen LogP contribution >= 0.6 is 0 Å². The summed E-state index contributed by atoms with van der Waals surface area (Å²) in [5.74, 6) is 0.738. The Morgan fingerprint density at radius 1 is 1.00 bits per heavy atom. The predicted octanol–water partition coefficient (Wildman–Crippen LogP) is 4.64. The summed E-state index contributed by atoms with van der Waals surface area (Å²) in [4.78, 5) is 17.7. The van der Waals surface area contributed by atoms with Gasteiger partial charge in [-0.1, -0.05) is 48.5 Å². The molecule has 0 radical (unpaired) electrons. The smallest absolute Gasteiger partial charge is 0.254 e. The number of nitrogens with one attached hydrogen (secondary N) is 1. The van der Waals surface area contributed by atoms with Crippen molar-refractivity contribution in [1.29, 1.82) is 0 Å². The molecule has 1 atom stereocenters. The number of hydrogen-bond donors (Lipinski definition) is 1. The van der Waals surface area contributed by atoms with E-state index in [1.54, 1.807) is 6.20 Å². The lowest BCUT2D eigenvalue weighted by molar-refractivity contribution is 0.0926. The molecule has 0 spiro atoms. The van der Waals surface area contributed by atoms with Crippen LogP contribution in [0.1, 0.15) is 28.4 Å². The summed E-state index contributed by atoms with van der Waals surface area (Å²) in [5, 5.41) is 6.33. The number of hydrogen-bond acceptors (Lipinski definition) is 3. The van der Waals surface area contributed by atoms with Gasteiger partial charge in [-0.25, -0.2) is 0 Å². The number of ether oxygens (including phenoxy) is 1. The van der Waals surface area contributed by atoms with Crippen LogP contribution in [0.25, 0.3) is 21.7 Å². The molecule has 0 saturated heterocycles. The third-order valence-electron chi connectivity index (χ3n) is 5.12. The highest BCUT2D eigenvalue weighted by Crippen LogP contribution is 2.33. The number of nitrogens with zero attached hydrogens (tertiary/aromatic N) is 1. The highest BCUT2D eigenvalue weighted by Gasteiger charge is 2.24. The average molecular weight is 354 g/mol. The Morgan fingerprint density at radius 2 is 1.81 bits per heavy atom. The first kappa shape index (κ1) is 15.8. The Labute approximate surface area is 156 Å². The largest absolute Gasteiger partial charge is 0.493 e. The van der Waals surface area contributed by atoms with Crippen LogP contribution in [0.15, 0.2) is 72.9 Å². The normalized spacial score (nSPS) is 15.9. The molecular formula is C23H18N2O2. The number of carbonyl (C=O) groups excluding carboxylic acids is 1. The van der Waals surface area contributed by atoms with Crippen molar-refractivity contribution in [3.8, 4) is 5.75 Å². The lowest BCUT2D eigenvalue weighted by Crippen LogP contribution is -2.32. The van der Waals surface area contributed by atoms with Crippen LogP contribution in [0.5, 0.6) is 5.75 Å². The Bertz CT molecular complexity index is 1170. The summed E-state index contributed by atoms with van der Waals surface area (Å²) in [7, 11) is 0. The van der Waals surface area contributed by atoms with Gasteiger partial charge in [-0.2, -0.15) is 0 Å². The number of fused-ring (bicyclic) bond motifs is 4. The standard InChI is InChI=1S/C23H18N2O2/c26-23(25-20-11-13-27-21-10-4-3-8-18(20)21)19-14-15-6-1-2-7-16(15)17-9-5-12-24-22(17)19/h1-10,12,14,20H,11,13H2,(H,25,26). The minimum absolute atomic E-state index is 0.0623. The van der Waals surface area contributed by atoms with E-state index in [4.69, 9.17) is 4.74 Å². The molecule has 1 aliphatic heterocycles. The molecule has 0 bridgehead atoms. The van der Waals surface area contributed by atoms with Gasteiger partial charge in [0.25, 0.3) is 5.91 Å².